The van der Waals surface area contributed by atoms with Crippen LogP contribution in [0.4, 0.5) is 13.2 Å². The molecular weight excluding hydrogens is 423 g/mol. The molecule has 0 spiro atoms. The van der Waals surface area contributed by atoms with Crippen molar-refractivity contribution in [3.63, 3.8) is 0 Å². The van der Waals surface area contributed by atoms with Gasteiger partial charge in [0, 0.05) is 31.6 Å². The van der Waals surface area contributed by atoms with Crippen LogP contribution in [0.1, 0.15) is 59.6 Å². The van der Waals surface area contributed by atoms with Crippen molar-refractivity contribution in [1.82, 2.24) is 15.2 Å². The second kappa shape index (κ2) is 10.0. The summed E-state index contributed by atoms with van der Waals surface area (Å²) in [6.07, 6.45) is -2.71. The van der Waals surface area contributed by atoms with Crippen LogP contribution < -0.4 is 5.32 Å². The van der Waals surface area contributed by atoms with E-state index in [1.165, 1.54) is 12.1 Å². The highest BCUT2D eigenvalue weighted by Crippen LogP contribution is 2.39. The van der Waals surface area contributed by atoms with Crippen molar-refractivity contribution in [2.75, 3.05) is 18.1 Å². The van der Waals surface area contributed by atoms with Gasteiger partial charge in [0.2, 0.25) is 0 Å². The van der Waals surface area contributed by atoms with Crippen LogP contribution in [0, 0.1) is 5.92 Å². The fourth-order valence-corrected chi connectivity index (χ4v) is 4.47. The molecule has 1 aromatic heterocycles. The number of hydrogen-bond donors (Lipinski definition) is 1. The van der Waals surface area contributed by atoms with Gasteiger partial charge in [-0.15, -0.1) is 0 Å². The van der Waals surface area contributed by atoms with E-state index in [0.717, 1.165) is 40.5 Å². The van der Waals surface area contributed by atoms with Crippen LogP contribution in [0.15, 0.2) is 36.5 Å². The molecule has 8 heteroatoms. The van der Waals surface area contributed by atoms with E-state index in [9.17, 15) is 18.0 Å². The van der Waals surface area contributed by atoms with E-state index in [-0.39, 0.29) is 17.9 Å². The van der Waals surface area contributed by atoms with Gasteiger partial charge in [-0.05, 0) is 41.0 Å². The maximum atomic E-state index is 12.8. The number of halogens is 3. The van der Waals surface area contributed by atoms with E-state index in [1.54, 1.807) is 18.0 Å². The highest BCUT2D eigenvalue weighted by Gasteiger charge is 2.35. The first kappa shape index (κ1) is 23.6. The van der Waals surface area contributed by atoms with Crippen molar-refractivity contribution in [2.45, 2.75) is 46.1 Å². The zero-order valence-corrected chi connectivity index (χ0v) is 18.8. The van der Waals surface area contributed by atoms with Crippen LogP contribution in [0.3, 0.4) is 0 Å². The lowest BCUT2D eigenvalue weighted by molar-refractivity contribution is -0.137. The minimum absolute atomic E-state index is 0.0513. The number of nitrogens with zero attached hydrogens (tertiary/aromatic N) is 2. The van der Waals surface area contributed by atoms with E-state index in [1.807, 2.05) is 6.07 Å². The third-order valence-corrected chi connectivity index (χ3v) is 6.25. The van der Waals surface area contributed by atoms with Gasteiger partial charge in [0.15, 0.2) is 0 Å². The molecular formula is C23H28F3N3OS. The first-order valence-corrected chi connectivity index (χ1v) is 11.6. The summed E-state index contributed by atoms with van der Waals surface area (Å²) >= 11 is 1.77. The third-order valence-electron chi connectivity index (χ3n) is 5.35. The standard InChI is InChI=1S/C23H28F3N3OS/c1-4-31-10-9-27-22(30)17-11-18-14-29(21(15(2)3)20(18)28-12-17)13-16-5-7-19(8-6-16)23(24,25)26/h5-8,11-12,15,21H,4,9-10,13-14H2,1-3H3,(H,27,30)/t21-/m0/s1. The van der Waals surface area contributed by atoms with Crippen molar-refractivity contribution in [2.24, 2.45) is 5.92 Å². The predicted molar refractivity (Wildman–Crippen MR) is 118 cm³/mol. The number of pyridine rings is 1. The Morgan fingerprint density at radius 2 is 2.00 bits per heavy atom. The number of fused-ring (bicyclic) bond motifs is 1. The molecule has 0 radical (unpaired) electrons. The van der Waals surface area contributed by atoms with E-state index in [2.05, 4.69) is 36.0 Å². The van der Waals surface area contributed by atoms with Gasteiger partial charge in [-0.2, -0.15) is 24.9 Å². The number of nitrogens with one attached hydrogen (secondary N) is 1. The van der Waals surface area contributed by atoms with Crippen LogP contribution in [-0.2, 0) is 19.3 Å². The maximum Gasteiger partial charge on any atom is 0.416 e. The van der Waals surface area contributed by atoms with Crippen molar-refractivity contribution in [3.8, 4) is 0 Å². The zero-order chi connectivity index (χ0) is 22.6. The molecule has 2 heterocycles. The van der Waals surface area contributed by atoms with Gasteiger partial charge in [-0.1, -0.05) is 32.9 Å². The van der Waals surface area contributed by atoms with E-state index < -0.39 is 11.7 Å². The number of alkyl halides is 3. The van der Waals surface area contributed by atoms with Gasteiger partial charge in [0.05, 0.1) is 22.9 Å². The van der Waals surface area contributed by atoms with Gasteiger partial charge in [-0.3, -0.25) is 14.7 Å². The maximum absolute atomic E-state index is 12.8. The number of hydrogen-bond acceptors (Lipinski definition) is 4. The van der Waals surface area contributed by atoms with Crippen LogP contribution in [0.5, 0.6) is 0 Å². The molecule has 1 N–H and O–H groups in total. The van der Waals surface area contributed by atoms with E-state index >= 15 is 0 Å². The lowest BCUT2D eigenvalue weighted by atomic mass is 9.99. The number of carbonyl (C=O) groups excluding carboxylic acids is 1. The fourth-order valence-electron chi connectivity index (χ4n) is 3.94. The van der Waals surface area contributed by atoms with Crippen molar-refractivity contribution in [3.05, 3.63) is 64.5 Å². The lowest BCUT2D eigenvalue weighted by Gasteiger charge is -2.27. The molecule has 0 bridgehead atoms. The molecule has 168 valence electrons. The molecule has 0 fully saturated rings. The molecule has 1 aliphatic rings. The van der Waals surface area contributed by atoms with Gasteiger partial charge in [-0.25, -0.2) is 0 Å². The monoisotopic (exact) mass is 451 g/mol. The number of amides is 1. The Kier molecular flexibility index (Phi) is 7.64. The summed E-state index contributed by atoms with van der Waals surface area (Å²) in [6, 6.07) is 7.26. The molecule has 1 atom stereocenters. The average Bonchev–Trinajstić information content (AvgIpc) is 3.08. The van der Waals surface area contributed by atoms with Crippen molar-refractivity contribution in [1.29, 1.82) is 0 Å². The summed E-state index contributed by atoms with van der Waals surface area (Å²) in [7, 11) is 0. The second-order valence-electron chi connectivity index (χ2n) is 8.01. The zero-order valence-electron chi connectivity index (χ0n) is 18.0. The Labute approximate surface area is 185 Å². The summed E-state index contributed by atoms with van der Waals surface area (Å²) < 4.78 is 38.5. The van der Waals surface area contributed by atoms with Gasteiger partial charge >= 0.3 is 6.18 Å². The smallest absolute Gasteiger partial charge is 0.351 e. The fraction of sp³-hybridized carbons (Fsp3) is 0.478. The minimum Gasteiger partial charge on any atom is -0.351 e. The molecule has 0 unspecified atom stereocenters. The number of thioether (sulfide) groups is 1. The van der Waals surface area contributed by atoms with Gasteiger partial charge in [0.25, 0.3) is 5.91 Å². The summed E-state index contributed by atoms with van der Waals surface area (Å²) in [6.45, 7) is 8.04. The SMILES string of the molecule is CCSCCNC(=O)c1cnc2c(c1)CN(Cc1ccc(C(F)(F)F)cc1)[C@H]2C(C)C. The molecule has 31 heavy (non-hydrogen) atoms. The van der Waals surface area contributed by atoms with Crippen LogP contribution >= 0.6 is 11.8 Å². The Bertz CT molecular complexity index is 900. The number of rotatable bonds is 8. The summed E-state index contributed by atoms with van der Waals surface area (Å²) in [5.74, 6) is 2.03. The Balaban J connectivity index is 1.73. The van der Waals surface area contributed by atoms with Crippen LogP contribution in [0.25, 0.3) is 0 Å². The molecule has 0 aliphatic carbocycles. The van der Waals surface area contributed by atoms with E-state index in [0.29, 0.717) is 25.2 Å². The normalized spacial score (nSPS) is 16.5. The molecule has 1 aliphatic heterocycles. The molecule has 0 saturated heterocycles. The average molecular weight is 452 g/mol. The van der Waals surface area contributed by atoms with Crippen LogP contribution in [-0.4, -0.2) is 33.8 Å². The Hall–Kier alpha value is -2.06. The minimum atomic E-state index is -4.33. The Morgan fingerprint density at radius 3 is 2.61 bits per heavy atom. The number of carbonyl (C=O) groups is 1. The quantitative estimate of drug-likeness (QED) is 0.554. The highest BCUT2D eigenvalue weighted by molar-refractivity contribution is 7.99. The molecule has 0 saturated carbocycles. The summed E-state index contributed by atoms with van der Waals surface area (Å²) in [4.78, 5) is 19.3. The van der Waals surface area contributed by atoms with Crippen molar-refractivity contribution >= 4 is 17.7 Å². The number of benzene rings is 1. The van der Waals surface area contributed by atoms with E-state index in [4.69, 9.17) is 0 Å². The third kappa shape index (κ3) is 5.80. The van der Waals surface area contributed by atoms with Gasteiger partial charge < -0.3 is 5.32 Å². The highest BCUT2D eigenvalue weighted by atomic mass is 32.2. The molecule has 3 rings (SSSR count). The molecule has 1 aromatic carbocycles. The molecule has 2 aromatic rings. The lowest BCUT2D eigenvalue weighted by Crippen LogP contribution is -2.26. The van der Waals surface area contributed by atoms with Crippen LogP contribution in [0.2, 0.25) is 0 Å². The first-order chi connectivity index (χ1) is 14.7. The molecule has 1 amide bonds. The van der Waals surface area contributed by atoms with Crippen molar-refractivity contribution < 1.29 is 18.0 Å². The first-order valence-electron chi connectivity index (χ1n) is 10.5. The topological polar surface area (TPSA) is 45.2 Å². The van der Waals surface area contributed by atoms with Gasteiger partial charge in [0.1, 0.15) is 0 Å². The largest absolute Gasteiger partial charge is 0.416 e. The summed E-state index contributed by atoms with van der Waals surface area (Å²) in [5, 5.41) is 2.92. The summed E-state index contributed by atoms with van der Waals surface area (Å²) in [5.41, 5.74) is 2.66. The predicted octanol–water partition coefficient (Wildman–Crippen LogP) is 5.30. The Morgan fingerprint density at radius 1 is 1.29 bits per heavy atom. The molecule has 4 nitrogen and oxygen atoms in total. The number of aromatic nitrogens is 1. The second-order valence-corrected chi connectivity index (χ2v) is 9.40.